The van der Waals surface area contributed by atoms with Gasteiger partial charge in [0.2, 0.25) is 5.95 Å². The van der Waals surface area contributed by atoms with Gasteiger partial charge >= 0.3 is 0 Å². The van der Waals surface area contributed by atoms with Gasteiger partial charge in [-0.2, -0.15) is 10.2 Å². The normalized spacial score (nSPS) is 9.65. The molecule has 0 unspecified atom stereocenters. The van der Waals surface area contributed by atoms with Crippen LogP contribution < -0.4 is 10.6 Å². The number of hydrogen-bond donors (Lipinski definition) is 1. The van der Waals surface area contributed by atoms with Gasteiger partial charge in [-0.05, 0) is 24.3 Å². The average Bonchev–Trinajstić information content (AvgIpc) is 2.38. The molecule has 0 saturated heterocycles. The molecule has 1 aromatic carbocycles. The first-order chi connectivity index (χ1) is 8.20. The van der Waals surface area contributed by atoms with Crippen LogP contribution in [-0.4, -0.2) is 17.0 Å². The fraction of sp³-hybridized carbons (Fsp3) is 0.0833. The van der Waals surface area contributed by atoms with Crippen LogP contribution in [0, 0.1) is 11.3 Å². The Balaban J connectivity index is 2.37. The first-order valence-electron chi connectivity index (χ1n) is 5.03. The minimum Gasteiger partial charge on any atom is -0.368 e. The van der Waals surface area contributed by atoms with Gasteiger partial charge in [-0.3, -0.25) is 0 Å². The SMILES string of the molecule is CN(c1cccc(C#N)c1)c1ccnc(N)n1. The van der Waals surface area contributed by atoms with Crippen LogP contribution in [0.15, 0.2) is 36.5 Å². The molecular weight excluding hydrogens is 214 g/mol. The third kappa shape index (κ3) is 2.32. The Morgan fingerprint density at radius 3 is 2.88 bits per heavy atom. The predicted octanol–water partition coefficient (Wildman–Crippen LogP) is 1.70. The van der Waals surface area contributed by atoms with E-state index in [-0.39, 0.29) is 5.95 Å². The summed E-state index contributed by atoms with van der Waals surface area (Å²) < 4.78 is 0. The number of nitrogens with zero attached hydrogens (tertiary/aromatic N) is 4. The Hall–Kier alpha value is -2.61. The number of benzene rings is 1. The van der Waals surface area contributed by atoms with E-state index in [4.69, 9.17) is 11.0 Å². The molecule has 0 aliphatic heterocycles. The van der Waals surface area contributed by atoms with Gasteiger partial charge < -0.3 is 10.6 Å². The minimum atomic E-state index is 0.228. The fourth-order valence-electron chi connectivity index (χ4n) is 1.47. The highest BCUT2D eigenvalue weighted by atomic mass is 15.2. The summed E-state index contributed by atoms with van der Waals surface area (Å²) in [4.78, 5) is 9.80. The Morgan fingerprint density at radius 2 is 2.18 bits per heavy atom. The van der Waals surface area contributed by atoms with E-state index in [1.54, 1.807) is 24.4 Å². The summed E-state index contributed by atoms with van der Waals surface area (Å²) in [6.07, 6.45) is 1.60. The van der Waals surface area contributed by atoms with E-state index in [1.165, 1.54) is 0 Å². The van der Waals surface area contributed by atoms with Gasteiger partial charge in [0.25, 0.3) is 0 Å². The summed E-state index contributed by atoms with van der Waals surface area (Å²) in [6, 6.07) is 11.1. The molecule has 0 aliphatic carbocycles. The van der Waals surface area contributed by atoms with Crippen LogP contribution in [0.5, 0.6) is 0 Å². The van der Waals surface area contributed by atoms with Crippen molar-refractivity contribution in [2.45, 2.75) is 0 Å². The van der Waals surface area contributed by atoms with Crippen molar-refractivity contribution in [3.05, 3.63) is 42.1 Å². The number of nitriles is 1. The molecule has 2 rings (SSSR count). The van der Waals surface area contributed by atoms with Gasteiger partial charge in [0.1, 0.15) is 5.82 Å². The van der Waals surface area contributed by atoms with Crippen molar-refractivity contribution in [3.63, 3.8) is 0 Å². The summed E-state index contributed by atoms with van der Waals surface area (Å²) >= 11 is 0. The molecule has 2 N–H and O–H groups in total. The zero-order valence-corrected chi connectivity index (χ0v) is 9.33. The van der Waals surface area contributed by atoms with Crippen LogP contribution in [-0.2, 0) is 0 Å². The molecule has 1 aromatic heterocycles. The Labute approximate surface area is 99.1 Å². The van der Waals surface area contributed by atoms with Crippen LogP contribution in [0.2, 0.25) is 0 Å². The average molecular weight is 225 g/mol. The number of nitrogens with two attached hydrogens (primary N) is 1. The van der Waals surface area contributed by atoms with Crippen LogP contribution >= 0.6 is 0 Å². The van der Waals surface area contributed by atoms with Gasteiger partial charge in [-0.15, -0.1) is 0 Å². The van der Waals surface area contributed by atoms with Crippen LogP contribution in [0.3, 0.4) is 0 Å². The smallest absolute Gasteiger partial charge is 0.221 e. The molecule has 5 heteroatoms. The summed E-state index contributed by atoms with van der Waals surface area (Å²) in [7, 11) is 1.86. The van der Waals surface area contributed by atoms with Gasteiger partial charge in [0.05, 0.1) is 11.6 Å². The van der Waals surface area contributed by atoms with Gasteiger partial charge in [0, 0.05) is 18.9 Å². The largest absolute Gasteiger partial charge is 0.368 e. The van der Waals surface area contributed by atoms with Crippen molar-refractivity contribution < 1.29 is 0 Å². The lowest BCUT2D eigenvalue weighted by Gasteiger charge is -2.18. The van der Waals surface area contributed by atoms with Crippen LogP contribution in [0.25, 0.3) is 0 Å². The topological polar surface area (TPSA) is 78.8 Å². The molecule has 0 atom stereocenters. The van der Waals surface area contributed by atoms with Crippen LogP contribution in [0.1, 0.15) is 5.56 Å². The molecule has 0 fully saturated rings. The van der Waals surface area contributed by atoms with Crippen molar-refractivity contribution >= 4 is 17.5 Å². The number of hydrogen-bond acceptors (Lipinski definition) is 5. The Bertz CT molecular complexity index is 573. The Kier molecular flexibility index (Phi) is 2.88. The quantitative estimate of drug-likeness (QED) is 0.841. The second-order valence-electron chi connectivity index (χ2n) is 3.49. The molecule has 5 nitrogen and oxygen atoms in total. The van der Waals surface area contributed by atoms with E-state index in [1.807, 2.05) is 24.1 Å². The third-order valence-electron chi connectivity index (χ3n) is 2.37. The van der Waals surface area contributed by atoms with Gasteiger partial charge in [-0.1, -0.05) is 6.07 Å². The number of rotatable bonds is 2. The molecule has 84 valence electrons. The fourth-order valence-corrected chi connectivity index (χ4v) is 1.47. The summed E-state index contributed by atoms with van der Waals surface area (Å²) in [5, 5.41) is 8.84. The predicted molar refractivity (Wildman–Crippen MR) is 65.7 cm³/mol. The molecular formula is C12H11N5. The van der Waals surface area contributed by atoms with E-state index in [0.717, 1.165) is 5.69 Å². The molecule has 17 heavy (non-hydrogen) atoms. The second kappa shape index (κ2) is 4.49. The van der Waals surface area contributed by atoms with Crippen molar-refractivity contribution in [2.24, 2.45) is 0 Å². The van der Waals surface area contributed by atoms with Crippen LogP contribution in [0.4, 0.5) is 17.5 Å². The van der Waals surface area contributed by atoms with Crippen molar-refractivity contribution in [1.29, 1.82) is 5.26 Å². The molecule has 2 aromatic rings. The third-order valence-corrected chi connectivity index (χ3v) is 2.37. The van der Waals surface area contributed by atoms with Gasteiger partial charge in [0.15, 0.2) is 0 Å². The highest BCUT2D eigenvalue weighted by Crippen LogP contribution is 2.22. The standard InChI is InChI=1S/C12H11N5/c1-17(11-5-6-15-12(14)16-11)10-4-2-3-9(7-10)8-13/h2-7H,1H3,(H2,14,15,16). The number of anilines is 3. The molecule has 1 heterocycles. The summed E-state index contributed by atoms with van der Waals surface area (Å²) in [6.45, 7) is 0. The maximum atomic E-state index is 8.84. The monoisotopic (exact) mass is 225 g/mol. The first kappa shape index (κ1) is 10.9. The highest BCUT2D eigenvalue weighted by Gasteiger charge is 2.06. The van der Waals surface area contributed by atoms with Crippen molar-refractivity contribution in [1.82, 2.24) is 9.97 Å². The lowest BCUT2D eigenvalue weighted by atomic mass is 10.2. The number of nitrogen functional groups attached to an aromatic ring is 1. The molecule has 0 bridgehead atoms. The van der Waals surface area contributed by atoms with E-state index in [0.29, 0.717) is 11.4 Å². The maximum Gasteiger partial charge on any atom is 0.221 e. The lowest BCUT2D eigenvalue weighted by Crippen LogP contribution is -2.12. The summed E-state index contributed by atoms with van der Waals surface area (Å²) in [5.74, 6) is 0.915. The molecule has 0 spiro atoms. The molecule has 0 aliphatic rings. The molecule has 0 saturated carbocycles. The number of aromatic nitrogens is 2. The minimum absolute atomic E-state index is 0.228. The zero-order valence-electron chi connectivity index (χ0n) is 9.33. The Morgan fingerprint density at radius 1 is 1.35 bits per heavy atom. The first-order valence-corrected chi connectivity index (χ1v) is 5.03. The highest BCUT2D eigenvalue weighted by molar-refractivity contribution is 5.61. The van der Waals surface area contributed by atoms with E-state index in [9.17, 15) is 0 Å². The van der Waals surface area contributed by atoms with E-state index < -0.39 is 0 Å². The van der Waals surface area contributed by atoms with Gasteiger partial charge in [-0.25, -0.2) is 4.98 Å². The van der Waals surface area contributed by atoms with Crippen molar-refractivity contribution in [3.8, 4) is 6.07 Å². The molecule has 0 amide bonds. The van der Waals surface area contributed by atoms with Crippen molar-refractivity contribution in [2.75, 3.05) is 17.7 Å². The zero-order chi connectivity index (χ0) is 12.3. The van der Waals surface area contributed by atoms with E-state index >= 15 is 0 Å². The lowest BCUT2D eigenvalue weighted by molar-refractivity contribution is 1.09. The van der Waals surface area contributed by atoms with E-state index in [2.05, 4.69) is 16.0 Å². The maximum absolute atomic E-state index is 8.84. The molecule has 0 radical (unpaired) electrons. The second-order valence-corrected chi connectivity index (χ2v) is 3.49. The summed E-state index contributed by atoms with van der Waals surface area (Å²) in [5.41, 5.74) is 7.01.